The van der Waals surface area contributed by atoms with Crippen LogP contribution in [0.3, 0.4) is 0 Å². The molecule has 94 valence electrons. The zero-order valence-corrected chi connectivity index (χ0v) is 10.8. The van der Waals surface area contributed by atoms with Crippen LogP contribution in [-0.2, 0) is 0 Å². The van der Waals surface area contributed by atoms with E-state index in [9.17, 15) is 9.90 Å². The highest BCUT2D eigenvalue weighted by Crippen LogP contribution is 2.14. The molecular weight excluding hydrogens is 216 g/mol. The third-order valence-electron chi connectivity index (χ3n) is 2.32. The summed E-state index contributed by atoms with van der Waals surface area (Å²) >= 11 is 0. The van der Waals surface area contributed by atoms with Gasteiger partial charge in [-0.2, -0.15) is 0 Å². The maximum atomic E-state index is 12.1. The van der Waals surface area contributed by atoms with Crippen LogP contribution in [0.15, 0.2) is 18.2 Å². The Morgan fingerprint density at radius 1 is 1.41 bits per heavy atom. The molecular formula is C13H20N2O2. The van der Waals surface area contributed by atoms with E-state index < -0.39 is 5.60 Å². The van der Waals surface area contributed by atoms with E-state index in [0.29, 0.717) is 11.3 Å². The summed E-state index contributed by atoms with van der Waals surface area (Å²) in [6, 6.07) is 5.25. The van der Waals surface area contributed by atoms with Gasteiger partial charge in [0.1, 0.15) is 0 Å². The maximum Gasteiger partial charge on any atom is 0.253 e. The topological polar surface area (TPSA) is 66.6 Å². The number of nitrogens with two attached hydrogens (primary N) is 1. The molecule has 0 aliphatic heterocycles. The summed E-state index contributed by atoms with van der Waals surface area (Å²) in [5.41, 5.74) is 6.87. The molecule has 0 radical (unpaired) electrons. The second kappa shape index (κ2) is 4.75. The van der Waals surface area contributed by atoms with Crippen molar-refractivity contribution in [3.63, 3.8) is 0 Å². The van der Waals surface area contributed by atoms with Crippen LogP contribution in [0, 0.1) is 6.92 Å². The number of hydrogen-bond donors (Lipinski definition) is 2. The van der Waals surface area contributed by atoms with Gasteiger partial charge in [0.25, 0.3) is 5.91 Å². The minimum atomic E-state index is -0.903. The molecule has 4 heteroatoms. The zero-order valence-electron chi connectivity index (χ0n) is 10.8. The fourth-order valence-corrected chi connectivity index (χ4v) is 1.81. The van der Waals surface area contributed by atoms with Crippen LogP contribution in [0.2, 0.25) is 0 Å². The Hall–Kier alpha value is -1.55. The van der Waals surface area contributed by atoms with Crippen molar-refractivity contribution in [2.24, 2.45) is 0 Å². The van der Waals surface area contributed by atoms with Crippen molar-refractivity contribution in [1.82, 2.24) is 4.90 Å². The van der Waals surface area contributed by atoms with Gasteiger partial charge in [0.05, 0.1) is 5.60 Å². The molecule has 0 saturated heterocycles. The van der Waals surface area contributed by atoms with E-state index in [1.807, 2.05) is 13.0 Å². The van der Waals surface area contributed by atoms with E-state index in [2.05, 4.69) is 0 Å². The van der Waals surface area contributed by atoms with Crippen molar-refractivity contribution in [1.29, 1.82) is 0 Å². The molecule has 1 aromatic rings. The Balaban J connectivity index is 2.89. The predicted octanol–water partition coefficient (Wildman–Crippen LogP) is 1.42. The first-order valence-electron chi connectivity index (χ1n) is 5.54. The molecule has 0 bridgehead atoms. The van der Waals surface area contributed by atoms with Gasteiger partial charge in [-0.25, -0.2) is 0 Å². The van der Waals surface area contributed by atoms with Crippen LogP contribution >= 0.6 is 0 Å². The molecule has 0 spiro atoms. The van der Waals surface area contributed by atoms with Gasteiger partial charge in [0.15, 0.2) is 0 Å². The number of carbonyl (C=O) groups is 1. The van der Waals surface area contributed by atoms with E-state index in [4.69, 9.17) is 5.73 Å². The lowest BCUT2D eigenvalue weighted by Gasteiger charge is -2.25. The SMILES string of the molecule is Cc1cc(N)cc(C(=O)N(C)CC(C)(C)O)c1. The summed E-state index contributed by atoms with van der Waals surface area (Å²) in [6.07, 6.45) is 0. The van der Waals surface area contributed by atoms with E-state index in [1.165, 1.54) is 4.90 Å². The van der Waals surface area contributed by atoms with Gasteiger partial charge in [-0.1, -0.05) is 0 Å². The molecule has 1 aromatic carbocycles. The lowest BCUT2D eigenvalue weighted by Crippen LogP contribution is -2.39. The Morgan fingerprint density at radius 3 is 2.47 bits per heavy atom. The summed E-state index contributed by atoms with van der Waals surface area (Å²) in [7, 11) is 1.67. The Labute approximate surface area is 102 Å². The van der Waals surface area contributed by atoms with Crippen LogP contribution in [0.4, 0.5) is 5.69 Å². The third-order valence-corrected chi connectivity index (χ3v) is 2.32. The van der Waals surface area contributed by atoms with Gasteiger partial charge < -0.3 is 15.7 Å². The molecule has 3 N–H and O–H groups in total. The number of nitrogen functional groups attached to an aromatic ring is 1. The summed E-state index contributed by atoms with van der Waals surface area (Å²) in [5, 5.41) is 9.67. The Bertz CT molecular complexity index is 402. The highest BCUT2D eigenvalue weighted by Gasteiger charge is 2.20. The third kappa shape index (κ3) is 4.07. The number of likely N-dealkylation sites (N-methyl/N-ethyl adjacent to an activating group) is 1. The molecule has 0 heterocycles. The van der Waals surface area contributed by atoms with Crippen molar-refractivity contribution in [2.75, 3.05) is 19.3 Å². The number of nitrogens with zero attached hydrogens (tertiary/aromatic N) is 1. The number of aryl methyl sites for hydroxylation is 1. The Kier molecular flexibility index (Phi) is 3.78. The highest BCUT2D eigenvalue weighted by molar-refractivity contribution is 5.95. The summed E-state index contributed by atoms with van der Waals surface area (Å²) in [6.45, 7) is 5.51. The summed E-state index contributed by atoms with van der Waals surface area (Å²) < 4.78 is 0. The van der Waals surface area contributed by atoms with Gasteiger partial charge in [0.2, 0.25) is 0 Å². The smallest absolute Gasteiger partial charge is 0.253 e. The molecule has 0 aromatic heterocycles. The summed E-state index contributed by atoms with van der Waals surface area (Å²) in [4.78, 5) is 13.6. The fourth-order valence-electron chi connectivity index (χ4n) is 1.81. The molecule has 0 aliphatic carbocycles. The van der Waals surface area contributed by atoms with Gasteiger partial charge in [0, 0.05) is 24.8 Å². The zero-order chi connectivity index (χ0) is 13.2. The number of benzene rings is 1. The molecule has 17 heavy (non-hydrogen) atoms. The molecule has 0 saturated carbocycles. The molecule has 1 rings (SSSR count). The molecule has 0 aliphatic rings. The van der Waals surface area contributed by atoms with Crippen LogP contribution in [-0.4, -0.2) is 35.1 Å². The summed E-state index contributed by atoms with van der Waals surface area (Å²) in [5.74, 6) is -0.137. The highest BCUT2D eigenvalue weighted by atomic mass is 16.3. The average Bonchev–Trinajstić information content (AvgIpc) is 2.12. The second-order valence-corrected chi connectivity index (χ2v) is 5.11. The molecule has 4 nitrogen and oxygen atoms in total. The number of amides is 1. The molecule has 1 amide bonds. The van der Waals surface area contributed by atoms with Gasteiger partial charge in [-0.15, -0.1) is 0 Å². The van der Waals surface area contributed by atoms with Gasteiger partial charge >= 0.3 is 0 Å². The quantitative estimate of drug-likeness (QED) is 0.780. The minimum Gasteiger partial charge on any atom is -0.399 e. The first kappa shape index (κ1) is 13.5. The number of anilines is 1. The van der Waals surface area contributed by atoms with Crippen LogP contribution in [0.5, 0.6) is 0 Å². The fraction of sp³-hybridized carbons (Fsp3) is 0.462. The largest absolute Gasteiger partial charge is 0.399 e. The number of hydrogen-bond acceptors (Lipinski definition) is 3. The van der Waals surface area contributed by atoms with Crippen LogP contribution in [0.25, 0.3) is 0 Å². The molecule has 0 atom stereocenters. The monoisotopic (exact) mass is 236 g/mol. The molecule has 0 fully saturated rings. The average molecular weight is 236 g/mol. The standard InChI is InChI=1S/C13H20N2O2/c1-9-5-10(7-11(14)6-9)12(16)15(4)8-13(2,3)17/h5-7,17H,8,14H2,1-4H3. The maximum absolute atomic E-state index is 12.1. The van der Waals surface area contributed by atoms with E-state index in [1.54, 1.807) is 33.0 Å². The van der Waals surface area contributed by atoms with Crippen molar-refractivity contribution in [2.45, 2.75) is 26.4 Å². The lowest BCUT2D eigenvalue weighted by molar-refractivity contribution is 0.0368. The van der Waals surface area contributed by atoms with Crippen LogP contribution < -0.4 is 5.73 Å². The number of carbonyl (C=O) groups excluding carboxylic acids is 1. The van der Waals surface area contributed by atoms with Crippen molar-refractivity contribution >= 4 is 11.6 Å². The van der Waals surface area contributed by atoms with E-state index in [-0.39, 0.29) is 12.5 Å². The first-order valence-corrected chi connectivity index (χ1v) is 5.54. The van der Waals surface area contributed by atoms with Crippen molar-refractivity contribution in [3.8, 4) is 0 Å². The van der Waals surface area contributed by atoms with Crippen LogP contribution in [0.1, 0.15) is 29.8 Å². The van der Waals surface area contributed by atoms with Gasteiger partial charge in [-0.05, 0) is 44.5 Å². The Morgan fingerprint density at radius 2 is 2.00 bits per heavy atom. The van der Waals surface area contributed by atoms with Crippen molar-refractivity contribution in [3.05, 3.63) is 29.3 Å². The minimum absolute atomic E-state index is 0.137. The van der Waals surface area contributed by atoms with E-state index in [0.717, 1.165) is 5.56 Å². The first-order chi connectivity index (χ1) is 7.69. The second-order valence-electron chi connectivity index (χ2n) is 5.11. The number of aliphatic hydroxyl groups is 1. The lowest BCUT2D eigenvalue weighted by atomic mass is 10.1. The number of rotatable bonds is 3. The van der Waals surface area contributed by atoms with Gasteiger partial charge in [-0.3, -0.25) is 4.79 Å². The predicted molar refractivity (Wildman–Crippen MR) is 68.8 cm³/mol. The van der Waals surface area contributed by atoms with Crippen molar-refractivity contribution < 1.29 is 9.90 Å². The van der Waals surface area contributed by atoms with E-state index >= 15 is 0 Å². The normalized spacial score (nSPS) is 11.4. The molecule has 0 unspecified atom stereocenters.